The summed E-state index contributed by atoms with van der Waals surface area (Å²) >= 11 is 0. The second kappa shape index (κ2) is 5.12. The van der Waals surface area contributed by atoms with Crippen LogP contribution in [0.4, 0.5) is 4.39 Å². The van der Waals surface area contributed by atoms with Gasteiger partial charge in [0.1, 0.15) is 23.5 Å². The van der Waals surface area contributed by atoms with Gasteiger partial charge in [-0.1, -0.05) is 18.2 Å². The Bertz CT molecular complexity index is 861. The molecule has 0 atom stereocenters. The molecule has 0 aliphatic rings. The molecule has 98 valence electrons. The predicted molar refractivity (Wildman–Crippen MR) is 67.7 cm³/mol. The van der Waals surface area contributed by atoms with Crippen LogP contribution in [-0.4, -0.2) is 8.42 Å². The lowest BCUT2D eigenvalue weighted by Crippen LogP contribution is -2.07. The first kappa shape index (κ1) is 13.7. The SMILES string of the molecule is N#Cc1ccccc1S(=O)(=O)c1cccc(F)c1C#N. The summed E-state index contributed by atoms with van der Waals surface area (Å²) in [6.45, 7) is 0. The highest BCUT2D eigenvalue weighted by atomic mass is 32.2. The van der Waals surface area contributed by atoms with Crippen LogP contribution in [0.1, 0.15) is 11.1 Å². The summed E-state index contributed by atoms with van der Waals surface area (Å²) in [5.74, 6) is -0.914. The lowest BCUT2D eigenvalue weighted by Gasteiger charge is -2.08. The standard InChI is InChI=1S/C14H7FN2O2S/c15-12-5-3-7-14(11(12)9-17)20(18,19)13-6-2-1-4-10(13)8-16/h1-7H. The van der Waals surface area contributed by atoms with E-state index in [4.69, 9.17) is 10.5 Å². The van der Waals surface area contributed by atoms with Crippen molar-refractivity contribution in [2.24, 2.45) is 0 Å². The quantitative estimate of drug-likeness (QED) is 0.848. The van der Waals surface area contributed by atoms with Crippen LogP contribution in [0, 0.1) is 28.5 Å². The van der Waals surface area contributed by atoms with Gasteiger partial charge < -0.3 is 0 Å². The fraction of sp³-hybridized carbons (Fsp3) is 0. The van der Waals surface area contributed by atoms with E-state index in [1.807, 2.05) is 0 Å². The van der Waals surface area contributed by atoms with Crippen LogP contribution < -0.4 is 0 Å². The molecule has 0 bridgehead atoms. The fourth-order valence-corrected chi connectivity index (χ4v) is 3.32. The highest BCUT2D eigenvalue weighted by Crippen LogP contribution is 2.27. The van der Waals surface area contributed by atoms with Crippen LogP contribution in [0.25, 0.3) is 0 Å². The largest absolute Gasteiger partial charge is 0.218 e. The third-order valence-corrected chi connectivity index (χ3v) is 4.53. The minimum atomic E-state index is -4.13. The molecule has 2 rings (SSSR count). The van der Waals surface area contributed by atoms with Crippen molar-refractivity contribution in [3.63, 3.8) is 0 Å². The van der Waals surface area contributed by atoms with Crippen molar-refractivity contribution < 1.29 is 12.8 Å². The Balaban J connectivity index is 2.79. The third kappa shape index (κ3) is 2.13. The van der Waals surface area contributed by atoms with E-state index in [0.29, 0.717) is 0 Å². The first-order valence-corrected chi connectivity index (χ1v) is 6.93. The normalized spacial score (nSPS) is 10.6. The minimum absolute atomic E-state index is 0.0550. The lowest BCUT2D eigenvalue weighted by atomic mass is 10.2. The molecule has 4 nitrogen and oxygen atoms in total. The highest BCUT2D eigenvalue weighted by molar-refractivity contribution is 7.91. The van der Waals surface area contributed by atoms with E-state index < -0.39 is 26.1 Å². The molecule has 0 unspecified atom stereocenters. The van der Waals surface area contributed by atoms with Gasteiger partial charge in [0.05, 0.1) is 15.4 Å². The van der Waals surface area contributed by atoms with Crippen LogP contribution in [0.3, 0.4) is 0 Å². The monoisotopic (exact) mass is 286 g/mol. The van der Waals surface area contributed by atoms with Crippen molar-refractivity contribution in [2.45, 2.75) is 9.79 Å². The van der Waals surface area contributed by atoms with E-state index in [0.717, 1.165) is 12.1 Å². The first-order chi connectivity index (χ1) is 9.52. The Hall–Kier alpha value is -2.70. The van der Waals surface area contributed by atoms with Gasteiger partial charge in [-0.15, -0.1) is 0 Å². The molecule has 0 aliphatic heterocycles. The molecule has 0 saturated carbocycles. The Morgan fingerprint density at radius 3 is 2.20 bits per heavy atom. The number of benzene rings is 2. The maximum absolute atomic E-state index is 13.5. The molecule has 0 spiro atoms. The van der Waals surface area contributed by atoms with E-state index in [9.17, 15) is 12.8 Å². The number of halogens is 1. The van der Waals surface area contributed by atoms with Crippen LogP contribution in [0.2, 0.25) is 0 Å². The summed E-state index contributed by atoms with van der Waals surface area (Å²) in [6.07, 6.45) is 0. The van der Waals surface area contributed by atoms with Gasteiger partial charge in [-0.25, -0.2) is 12.8 Å². The Kier molecular flexibility index (Phi) is 3.51. The topological polar surface area (TPSA) is 81.7 Å². The summed E-state index contributed by atoms with van der Waals surface area (Å²) < 4.78 is 38.5. The number of rotatable bonds is 2. The molecular formula is C14H7FN2O2S. The van der Waals surface area contributed by atoms with Gasteiger partial charge in [0.2, 0.25) is 9.84 Å². The van der Waals surface area contributed by atoms with Crippen molar-refractivity contribution in [3.05, 3.63) is 59.4 Å². The zero-order valence-corrected chi connectivity index (χ0v) is 10.9. The van der Waals surface area contributed by atoms with Gasteiger partial charge in [-0.2, -0.15) is 10.5 Å². The van der Waals surface area contributed by atoms with E-state index in [-0.39, 0.29) is 10.5 Å². The molecule has 0 amide bonds. The number of hydrogen-bond acceptors (Lipinski definition) is 4. The highest BCUT2D eigenvalue weighted by Gasteiger charge is 2.25. The van der Waals surface area contributed by atoms with E-state index in [1.165, 1.54) is 30.3 Å². The smallest absolute Gasteiger partial charge is 0.209 e. The summed E-state index contributed by atoms with van der Waals surface area (Å²) in [4.78, 5) is -0.688. The molecular weight excluding hydrogens is 279 g/mol. The molecule has 20 heavy (non-hydrogen) atoms. The molecule has 6 heteroatoms. The molecule has 0 fully saturated rings. The van der Waals surface area contributed by atoms with E-state index >= 15 is 0 Å². The molecule has 0 aliphatic carbocycles. The van der Waals surface area contributed by atoms with Crippen molar-refractivity contribution in [1.82, 2.24) is 0 Å². The summed E-state index contributed by atoms with van der Waals surface area (Å²) in [5, 5.41) is 17.9. The van der Waals surface area contributed by atoms with Crippen molar-refractivity contribution in [3.8, 4) is 12.1 Å². The Morgan fingerprint density at radius 2 is 1.55 bits per heavy atom. The predicted octanol–water partition coefficient (Wildman–Crippen LogP) is 2.40. The fourth-order valence-electron chi connectivity index (χ4n) is 1.75. The number of hydrogen-bond donors (Lipinski definition) is 0. The second-order valence-corrected chi connectivity index (χ2v) is 5.72. The lowest BCUT2D eigenvalue weighted by molar-refractivity contribution is 0.589. The van der Waals surface area contributed by atoms with Crippen LogP contribution >= 0.6 is 0 Å². The second-order valence-electron chi connectivity index (χ2n) is 3.84. The van der Waals surface area contributed by atoms with Crippen LogP contribution in [0.15, 0.2) is 52.3 Å². The summed E-state index contributed by atoms with van der Waals surface area (Å²) in [6, 6.07) is 12.2. The molecule has 0 radical (unpaired) electrons. The summed E-state index contributed by atoms with van der Waals surface area (Å²) in [5.41, 5.74) is -0.610. The molecule has 2 aromatic carbocycles. The van der Waals surface area contributed by atoms with Gasteiger partial charge in [-0.05, 0) is 24.3 Å². The van der Waals surface area contributed by atoms with Gasteiger partial charge >= 0.3 is 0 Å². The zero-order valence-electron chi connectivity index (χ0n) is 10.0. The van der Waals surface area contributed by atoms with Gasteiger partial charge in [0.15, 0.2) is 0 Å². The molecule has 2 aromatic rings. The molecule has 0 heterocycles. The average Bonchev–Trinajstić information content (AvgIpc) is 2.46. The number of nitrogens with zero attached hydrogens (tertiary/aromatic N) is 2. The first-order valence-electron chi connectivity index (χ1n) is 5.45. The average molecular weight is 286 g/mol. The van der Waals surface area contributed by atoms with Crippen molar-refractivity contribution in [1.29, 1.82) is 10.5 Å². The van der Waals surface area contributed by atoms with Crippen molar-refractivity contribution in [2.75, 3.05) is 0 Å². The Morgan fingerprint density at radius 1 is 0.900 bits per heavy atom. The van der Waals surface area contributed by atoms with Gasteiger partial charge in [0.25, 0.3) is 0 Å². The molecule has 0 N–H and O–H groups in total. The Labute approximate surface area is 115 Å². The van der Waals surface area contributed by atoms with Gasteiger partial charge in [-0.3, -0.25) is 0 Å². The number of nitriles is 2. The summed E-state index contributed by atoms with van der Waals surface area (Å²) in [7, 11) is -4.13. The molecule has 0 aromatic heterocycles. The minimum Gasteiger partial charge on any atom is -0.218 e. The maximum atomic E-state index is 13.5. The zero-order chi connectivity index (χ0) is 14.8. The van der Waals surface area contributed by atoms with Crippen LogP contribution in [0.5, 0.6) is 0 Å². The van der Waals surface area contributed by atoms with E-state index in [1.54, 1.807) is 12.1 Å². The van der Waals surface area contributed by atoms with Crippen molar-refractivity contribution >= 4 is 9.84 Å². The number of sulfone groups is 1. The van der Waals surface area contributed by atoms with E-state index in [2.05, 4.69) is 0 Å². The third-order valence-electron chi connectivity index (χ3n) is 2.67. The van der Waals surface area contributed by atoms with Crippen LogP contribution in [-0.2, 0) is 9.84 Å². The maximum Gasteiger partial charge on any atom is 0.209 e. The molecule has 0 saturated heterocycles. The van der Waals surface area contributed by atoms with Gasteiger partial charge in [0, 0.05) is 0 Å².